The number of benzene rings is 2. The van der Waals surface area contributed by atoms with Crippen LogP contribution in [0.4, 0.5) is 26.3 Å². The molecule has 1 heterocycles. The van der Waals surface area contributed by atoms with Gasteiger partial charge in [0.15, 0.2) is 11.6 Å². The van der Waals surface area contributed by atoms with Gasteiger partial charge in [0.05, 0.1) is 10.6 Å². The van der Waals surface area contributed by atoms with Crippen LogP contribution >= 0.6 is 11.6 Å². The number of nitrogens with one attached hydrogen (secondary N) is 1. The Labute approximate surface area is 205 Å². The number of hydrogen-bond acceptors (Lipinski definition) is 6. The highest BCUT2D eigenvalue weighted by molar-refractivity contribution is 6.33. The van der Waals surface area contributed by atoms with Gasteiger partial charge >= 0.3 is 18.4 Å². The molecule has 1 atom stereocenters. The summed E-state index contributed by atoms with van der Waals surface area (Å²) in [7, 11) is 0.759. The highest BCUT2D eigenvalue weighted by Gasteiger charge is 2.57. The Morgan fingerprint density at radius 1 is 1.00 bits per heavy atom. The van der Waals surface area contributed by atoms with E-state index in [9.17, 15) is 36.2 Å². The molecule has 2 aromatic carbocycles. The molecule has 7 nitrogen and oxygen atoms in total. The minimum Gasteiger partial charge on any atom is -0.479 e. The van der Waals surface area contributed by atoms with Gasteiger partial charge in [0.2, 0.25) is 5.60 Å². The third kappa shape index (κ3) is 5.68. The van der Waals surface area contributed by atoms with Gasteiger partial charge < -0.3 is 15.2 Å². The van der Waals surface area contributed by atoms with Crippen LogP contribution in [0.1, 0.15) is 18.1 Å². The normalized spacial score (nSPS) is 13.8. The Morgan fingerprint density at radius 3 is 2.17 bits per heavy atom. The molecule has 0 spiro atoms. The van der Waals surface area contributed by atoms with Crippen molar-refractivity contribution in [1.29, 1.82) is 0 Å². The molecule has 3 aromatic rings. The van der Waals surface area contributed by atoms with Gasteiger partial charge in [0, 0.05) is 24.8 Å². The number of rotatable bonds is 6. The molecule has 0 unspecified atom stereocenters. The van der Waals surface area contributed by atoms with Gasteiger partial charge in [-0.3, -0.25) is 4.79 Å². The van der Waals surface area contributed by atoms with E-state index in [4.69, 9.17) is 11.6 Å². The summed E-state index contributed by atoms with van der Waals surface area (Å²) in [5.74, 6) is -1.73. The first-order chi connectivity index (χ1) is 16.7. The second-order valence-electron chi connectivity index (χ2n) is 7.59. The van der Waals surface area contributed by atoms with Gasteiger partial charge in [0.25, 0.3) is 5.91 Å². The molecule has 36 heavy (non-hydrogen) atoms. The van der Waals surface area contributed by atoms with Crippen LogP contribution < -0.4 is 5.32 Å². The fourth-order valence-corrected chi connectivity index (χ4v) is 3.17. The van der Waals surface area contributed by atoms with E-state index >= 15 is 0 Å². The van der Waals surface area contributed by atoms with E-state index in [0.29, 0.717) is 12.5 Å². The molecule has 14 heteroatoms. The quantitative estimate of drug-likeness (QED) is 0.424. The van der Waals surface area contributed by atoms with Crippen LogP contribution in [-0.2, 0) is 22.3 Å². The standard InChI is InChI=1S/C22H17ClF6N4O3/c1-20(36-2,22(27,28)29)18(34)30-10-11-3-8-15(23)14(9-11)17-31-16(32-19(35)33-17)12-4-6-13(7-5-12)21(24,25)26/h3-9H,10H2,1-2H3,(H,30,34)(H,31,32,33,35)/t20-/m1/s1. The van der Waals surface area contributed by atoms with Gasteiger partial charge in [-0.2, -0.15) is 36.3 Å². The Kier molecular flexibility index (Phi) is 7.46. The number of amides is 1. The van der Waals surface area contributed by atoms with Crippen molar-refractivity contribution in [3.05, 3.63) is 58.6 Å². The van der Waals surface area contributed by atoms with Crippen molar-refractivity contribution in [2.24, 2.45) is 0 Å². The Hall–Kier alpha value is -3.45. The lowest BCUT2D eigenvalue weighted by Crippen LogP contribution is -2.55. The summed E-state index contributed by atoms with van der Waals surface area (Å²) in [5, 5.41) is 12.2. The number of methoxy groups -OCH3 is 1. The molecule has 192 valence electrons. The highest BCUT2D eigenvalue weighted by Crippen LogP contribution is 2.34. The number of nitrogens with zero attached hydrogens (tertiary/aromatic N) is 3. The van der Waals surface area contributed by atoms with E-state index in [2.05, 4.69) is 25.0 Å². The molecule has 0 saturated heterocycles. The minimum atomic E-state index is -4.96. The monoisotopic (exact) mass is 534 g/mol. The number of ether oxygens (including phenoxy) is 1. The highest BCUT2D eigenvalue weighted by atomic mass is 35.5. The predicted molar refractivity (Wildman–Crippen MR) is 116 cm³/mol. The maximum atomic E-state index is 13.2. The lowest BCUT2D eigenvalue weighted by Gasteiger charge is -2.29. The lowest BCUT2D eigenvalue weighted by molar-refractivity contribution is -0.253. The van der Waals surface area contributed by atoms with E-state index in [-0.39, 0.29) is 34.3 Å². The Balaban J connectivity index is 1.90. The number of halogens is 7. The Bertz CT molecular complexity index is 1270. The van der Waals surface area contributed by atoms with Crippen molar-refractivity contribution in [2.45, 2.75) is 31.4 Å². The van der Waals surface area contributed by atoms with Crippen molar-refractivity contribution in [2.75, 3.05) is 7.11 Å². The number of carbonyl (C=O) groups excluding carboxylic acids is 1. The summed E-state index contributed by atoms with van der Waals surface area (Å²) in [5.41, 5.74) is -3.39. The summed E-state index contributed by atoms with van der Waals surface area (Å²) in [6, 6.07) is 7.29. The van der Waals surface area contributed by atoms with Crippen LogP contribution in [0.5, 0.6) is 6.01 Å². The van der Waals surface area contributed by atoms with Gasteiger partial charge in [0.1, 0.15) is 0 Å². The molecular formula is C22H17ClF6N4O3. The number of aromatic nitrogens is 3. The van der Waals surface area contributed by atoms with Crippen LogP contribution in [0.25, 0.3) is 22.8 Å². The van der Waals surface area contributed by atoms with Crippen molar-refractivity contribution < 1.29 is 41.0 Å². The third-order valence-electron chi connectivity index (χ3n) is 5.20. The van der Waals surface area contributed by atoms with Crippen LogP contribution in [0.2, 0.25) is 5.02 Å². The molecule has 1 aromatic heterocycles. The molecule has 0 fully saturated rings. The zero-order chi connectivity index (χ0) is 26.9. The summed E-state index contributed by atoms with van der Waals surface area (Å²) < 4.78 is 82.5. The first kappa shape index (κ1) is 27.1. The number of hydrogen-bond donors (Lipinski definition) is 2. The molecule has 0 radical (unpaired) electrons. The van der Waals surface area contributed by atoms with E-state index in [1.165, 1.54) is 18.2 Å². The zero-order valence-corrected chi connectivity index (χ0v) is 19.3. The number of carbonyl (C=O) groups is 1. The molecule has 0 aliphatic rings. The van der Waals surface area contributed by atoms with E-state index in [1.807, 2.05) is 0 Å². The van der Waals surface area contributed by atoms with E-state index in [0.717, 1.165) is 31.4 Å². The van der Waals surface area contributed by atoms with E-state index < -0.39 is 35.4 Å². The maximum absolute atomic E-state index is 13.2. The van der Waals surface area contributed by atoms with Crippen LogP contribution in [0.3, 0.4) is 0 Å². The van der Waals surface area contributed by atoms with Crippen molar-refractivity contribution in [3.8, 4) is 28.8 Å². The summed E-state index contributed by atoms with van der Waals surface area (Å²) in [4.78, 5) is 23.8. The topological polar surface area (TPSA) is 97.2 Å². The molecular weight excluding hydrogens is 518 g/mol. The number of aromatic hydroxyl groups is 1. The summed E-state index contributed by atoms with van der Waals surface area (Å²) >= 11 is 6.21. The van der Waals surface area contributed by atoms with Crippen LogP contribution in [0.15, 0.2) is 42.5 Å². The molecule has 3 rings (SSSR count). The maximum Gasteiger partial charge on any atom is 0.426 e. The fourth-order valence-electron chi connectivity index (χ4n) is 2.96. The molecule has 0 bridgehead atoms. The third-order valence-corrected chi connectivity index (χ3v) is 5.53. The van der Waals surface area contributed by atoms with Gasteiger partial charge in [-0.15, -0.1) is 0 Å². The zero-order valence-electron chi connectivity index (χ0n) is 18.5. The molecule has 0 aliphatic heterocycles. The second kappa shape index (κ2) is 9.90. The summed E-state index contributed by atoms with van der Waals surface area (Å²) in [6.07, 6.45) is -9.51. The average molecular weight is 535 g/mol. The van der Waals surface area contributed by atoms with Crippen LogP contribution in [-0.4, -0.2) is 44.9 Å². The molecule has 1 amide bonds. The largest absolute Gasteiger partial charge is 0.479 e. The van der Waals surface area contributed by atoms with Crippen LogP contribution in [0, 0.1) is 0 Å². The van der Waals surface area contributed by atoms with Gasteiger partial charge in [-0.1, -0.05) is 29.8 Å². The molecule has 0 saturated carbocycles. The first-order valence-corrected chi connectivity index (χ1v) is 10.3. The summed E-state index contributed by atoms with van der Waals surface area (Å²) in [6.45, 7) is 0.243. The SMILES string of the molecule is CO[C@](C)(C(=O)NCc1ccc(Cl)c(-c2nc(O)nc(-c3ccc(C(F)(F)F)cc3)n2)c1)C(F)(F)F. The fraction of sp³-hybridized carbons (Fsp3) is 0.273. The smallest absolute Gasteiger partial charge is 0.426 e. The predicted octanol–water partition coefficient (Wildman–Crippen LogP) is 5.17. The second-order valence-corrected chi connectivity index (χ2v) is 8.00. The van der Waals surface area contributed by atoms with Gasteiger partial charge in [-0.05, 0) is 36.8 Å². The first-order valence-electron chi connectivity index (χ1n) is 9.97. The molecule has 2 N–H and O–H groups in total. The van der Waals surface area contributed by atoms with Crippen molar-refractivity contribution in [3.63, 3.8) is 0 Å². The molecule has 0 aliphatic carbocycles. The van der Waals surface area contributed by atoms with Crippen molar-refractivity contribution in [1.82, 2.24) is 20.3 Å². The lowest BCUT2D eigenvalue weighted by atomic mass is 10.0. The van der Waals surface area contributed by atoms with Gasteiger partial charge in [-0.25, -0.2) is 4.98 Å². The number of alkyl halides is 6. The Morgan fingerprint density at radius 2 is 1.61 bits per heavy atom. The van der Waals surface area contributed by atoms with E-state index in [1.54, 1.807) is 0 Å². The van der Waals surface area contributed by atoms with Crippen molar-refractivity contribution >= 4 is 17.5 Å². The average Bonchev–Trinajstić information content (AvgIpc) is 2.81. The minimum absolute atomic E-state index is 0.0890.